The second-order valence-electron chi connectivity index (χ2n) is 6.29. The van der Waals surface area contributed by atoms with Crippen molar-refractivity contribution in [1.82, 2.24) is 9.78 Å². The van der Waals surface area contributed by atoms with E-state index in [1.807, 2.05) is 52.8 Å². The third-order valence-electron chi connectivity index (χ3n) is 3.37. The van der Waals surface area contributed by atoms with Crippen molar-refractivity contribution in [1.29, 1.82) is 0 Å². The fourth-order valence-corrected chi connectivity index (χ4v) is 2.33. The molecule has 0 aliphatic rings. The highest BCUT2D eigenvalue weighted by Gasteiger charge is 2.34. The van der Waals surface area contributed by atoms with Crippen LogP contribution in [0.3, 0.4) is 0 Å². The van der Waals surface area contributed by atoms with E-state index in [2.05, 4.69) is 5.10 Å². The van der Waals surface area contributed by atoms with Gasteiger partial charge in [0.15, 0.2) is 0 Å². The molecule has 0 fully saturated rings. The van der Waals surface area contributed by atoms with Gasteiger partial charge in [0.05, 0.1) is 10.6 Å². The molecule has 2 aromatic rings. The van der Waals surface area contributed by atoms with Gasteiger partial charge in [-0.05, 0) is 25.5 Å². The zero-order chi connectivity index (χ0) is 15.9. The Morgan fingerprint density at radius 2 is 1.90 bits per heavy atom. The molecule has 0 bridgehead atoms. The van der Waals surface area contributed by atoms with Crippen molar-refractivity contribution in [2.24, 2.45) is 0 Å². The Morgan fingerprint density at radius 1 is 1.29 bits per heavy atom. The van der Waals surface area contributed by atoms with Gasteiger partial charge in [0.2, 0.25) is 5.82 Å². The fourth-order valence-electron chi connectivity index (χ4n) is 2.33. The highest BCUT2D eigenvalue weighted by molar-refractivity contribution is 5.62. The molecule has 1 heterocycles. The average Bonchev–Trinajstić information content (AvgIpc) is 2.67. The first-order valence-corrected chi connectivity index (χ1v) is 6.74. The second-order valence-corrected chi connectivity index (χ2v) is 6.29. The van der Waals surface area contributed by atoms with Crippen LogP contribution in [0.15, 0.2) is 18.2 Å². The summed E-state index contributed by atoms with van der Waals surface area (Å²) in [5.41, 5.74) is 8.68. The monoisotopic (exact) mass is 288 g/mol. The Labute approximate surface area is 123 Å². The highest BCUT2D eigenvalue weighted by atomic mass is 16.6. The number of hydrogen-bond donors (Lipinski definition) is 1. The van der Waals surface area contributed by atoms with Crippen LogP contribution in [0.5, 0.6) is 0 Å². The maximum Gasteiger partial charge on any atom is 0.334 e. The van der Waals surface area contributed by atoms with Crippen LogP contribution in [0.1, 0.15) is 37.6 Å². The molecule has 0 radical (unpaired) electrons. The summed E-state index contributed by atoms with van der Waals surface area (Å²) in [5.74, 6) is 0.0666. The van der Waals surface area contributed by atoms with Gasteiger partial charge in [0.1, 0.15) is 5.69 Å². The van der Waals surface area contributed by atoms with Crippen molar-refractivity contribution in [3.05, 3.63) is 45.1 Å². The smallest absolute Gasteiger partial charge is 0.334 e. The van der Waals surface area contributed by atoms with E-state index in [4.69, 9.17) is 5.73 Å². The minimum Gasteiger partial charge on any atom is -0.378 e. The molecule has 21 heavy (non-hydrogen) atoms. The van der Waals surface area contributed by atoms with E-state index in [1.165, 1.54) is 4.68 Å². The number of nitrogens with two attached hydrogens (primary N) is 1. The second kappa shape index (κ2) is 4.87. The SMILES string of the molecule is Cc1ccc(-n2nc(C(C)(C)C)c([N+](=O)[O-])c2N)c(C)c1. The summed E-state index contributed by atoms with van der Waals surface area (Å²) in [6.45, 7) is 9.58. The number of nitro groups is 1. The van der Waals surface area contributed by atoms with Gasteiger partial charge in [0.25, 0.3) is 0 Å². The number of nitrogen functional groups attached to an aromatic ring is 1. The maximum atomic E-state index is 11.3. The lowest BCUT2D eigenvalue weighted by Gasteiger charge is -2.13. The zero-order valence-electron chi connectivity index (χ0n) is 13.0. The van der Waals surface area contributed by atoms with Crippen LogP contribution in [0.25, 0.3) is 5.69 Å². The molecule has 6 heteroatoms. The molecule has 0 spiro atoms. The molecule has 0 saturated heterocycles. The van der Waals surface area contributed by atoms with E-state index in [9.17, 15) is 10.1 Å². The Bertz CT molecular complexity index is 711. The number of nitrogens with zero attached hydrogens (tertiary/aromatic N) is 3. The average molecular weight is 288 g/mol. The van der Waals surface area contributed by atoms with Crippen LogP contribution in [0, 0.1) is 24.0 Å². The van der Waals surface area contributed by atoms with Crippen molar-refractivity contribution in [3.63, 3.8) is 0 Å². The first-order valence-electron chi connectivity index (χ1n) is 6.74. The molecule has 2 N–H and O–H groups in total. The molecule has 1 aromatic carbocycles. The summed E-state index contributed by atoms with van der Waals surface area (Å²) in [7, 11) is 0. The largest absolute Gasteiger partial charge is 0.378 e. The summed E-state index contributed by atoms with van der Waals surface area (Å²) in [5, 5.41) is 15.8. The molecular formula is C15H20N4O2. The molecular weight excluding hydrogens is 268 g/mol. The van der Waals surface area contributed by atoms with Gasteiger partial charge in [-0.15, -0.1) is 0 Å². The standard InChI is InChI=1S/C15H20N4O2/c1-9-6-7-11(10(2)8-9)18-14(16)12(19(20)21)13(17-18)15(3,4)5/h6-8H,16H2,1-5H3. The van der Waals surface area contributed by atoms with E-state index < -0.39 is 10.3 Å². The van der Waals surface area contributed by atoms with Gasteiger partial charge in [-0.2, -0.15) is 5.10 Å². The lowest BCUT2D eigenvalue weighted by molar-refractivity contribution is -0.385. The molecule has 0 atom stereocenters. The Hall–Kier alpha value is -2.37. The van der Waals surface area contributed by atoms with E-state index in [0.717, 1.165) is 16.8 Å². The molecule has 0 amide bonds. The number of aryl methyl sites for hydroxylation is 2. The molecule has 6 nitrogen and oxygen atoms in total. The topological polar surface area (TPSA) is 87.0 Å². The van der Waals surface area contributed by atoms with Gasteiger partial charge < -0.3 is 5.73 Å². The van der Waals surface area contributed by atoms with Gasteiger partial charge in [-0.25, -0.2) is 4.68 Å². The van der Waals surface area contributed by atoms with Crippen molar-refractivity contribution in [3.8, 4) is 5.69 Å². The van der Waals surface area contributed by atoms with Crippen LogP contribution in [-0.4, -0.2) is 14.7 Å². The van der Waals surface area contributed by atoms with E-state index in [0.29, 0.717) is 5.69 Å². The third kappa shape index (κ3) is 2.61. The van der Waals surface area contributed by atoms with E-state index in [-0.39, 0.29) is 11.5 Å². The summed E-state index contributed by atoms with van der Waals surface area (Å²) in [6, 6.07) is 5.81. The third-order valence-corrected chi connectivity index (χ3v) is 3.37. The first kappa shape index (κ1) is 15.0. The Morgan fingerprint density at radius 3 is 2.33 bits per heavy atom. The minimum absolute atomic E-state index is 0.0666. The predicted octanol–water partition coefficient (Wildman–Crippen LogP) is 3.28. The van der Waals surface area contributed by atoms with E-state index in [1.54, 1.807) is 0 Å². The zero-order valence-corrected chi connectivity index (χ0v) is 13.0. The molecule has 2 rings (SSSR count). The molecule has 1 aromatic heterocycles. The number of benzene rings is 1. The number of aromatic nitrogens is 2. The van der Waals surface area contributed by atoms with Crippen LogP contribution in [0.2, 0.25) is 0 Å². The lowest BCUT2D eigenvalue weighted by Crippen LogP contribution is -2.14. The number of anilines is 1. The number of rotatable bonds is 2. The summed E-state index contributed by atoms with van der Waals surface area (Å²) in [6.07, 6.45) is 0. The summed E-state index contributed by atoms with van der Waals surface area (Å²) >= 11 is 0. The van der Waals surface area contributed by atoms with Gasteiger partial charge in [-0.1, -0.05) is 38.5 Å². The first-order chi connectivity index (χ1) is 9.62. The maximum absolute atomic E-state index is 11.3. The molecule has 0 aliphatic heterocycles. The van der Waals surface area contributed by atoms with Crippen LogP contribution in [0.4, 0.5) is 11.5 Å². The Balaban J connectivity index is 2.74. The van der Waals surface area contributed by atoms with Crippen molar-refractivity contribution in [2.75, 3.05) is 5.73 Å². The van der Waals surface area contributed by atoms with Gasteiger partial charge in [0, 0.05) is 5.41 Å². The van der Waals surface area contributed by atoms with Crippen LogP contribution < -0.4 is 5.73 Å². The predicted molar refractivity (Wildman–Crippen MR) is 82.8 cm³/mol. The van der Waals surface area contributed by atoms with Crippen LogP contribution in [-0.2, 0) is 5.41 Å². The molecule has 0 saturated carbocycles. The lowest BCUT2D eigenvalue weighted by atomic mass is 9.91. The van der Waals surface area contributed by atoms with Crippen LogP contribution >= 0.6 is 0 Å². The molecule has 0 aliphatic carbocycles. The normalized spacial score (nSPS) is 11.7. The number of hydrogen-bond acceptors (Lipinski definition) is 4. The fraction of sp³-hybridized carbons (Fsp3) is 0.400. The summed E-state index contributed by atoms with van der Waals surface area (Å²) in [4.78, 5) is 10.9. The highest BCUT2D eigenvalue weighted by Crippen LogP contribution is 2.36. The molecule has 112 valence electrons. The Kier molecular flexibility index (Phi) is 3.49. The molecule has 0 unspecified atom stereocenters. The quantitative estimate of drug-likeness (QED) is 0.678. The van der Waals surface area contributed by atoms with Crippen molar-refractivity contribution in [2.45, 2.75) is 40.0 Å². The van der Waals surface area contributed by atoms with Crippen molar-refractivity contribution < 1.29 is 4.92 Å². The van der Waals surface area contributed by atoms with Crippen molar-refractivity contribution >= 4 is 11.5 Å². The minimum atomic E-state index is -0.458. The summed E-state index contributed by atoms with van der Waals surface area (Å²) < 4.78 is 1.47. The van der Waals surface area contributed by atoms with Gasteiger partial charge >= 0.3 is 5.69 Å². The van der Waals surface area contributed by atoms with E-state index >= 15 is 0 Å². The van der Waals surface area contributed by atoms with Gasteiger partial charge in [-0.3, -0.25) is 10.1 Å².